The Morgan fingerprint density at radius 1 is 1.12 bits per heavy atom. The van der Waals surface area contributed by atoms with E-state index >= 15 is 0 Å². The van der Waals surface area contributed by atoms with Crippen LogP contribution < -0.4 is 4.74 Å². The van der Waals surface area contributed by atoms with Crippen molar-refractivity contribution in [2.24, 2.45) is 0 Å². The van der Waals surface area contributed by atoms with Crippen LogP contribution in [0.25, 0.3) is 0 Å². The summed E-state index contributed by atoms with van der Waals surface area (Å²) in [4.78, 5) is 28.4. The van der Waals surface area contributed by atoms with Crippen molar-refractivity contribution >= 4 is 11.9 Å². The van der Waals surface area contributed by atoms with Crippen molar-refractivity contribution in [3.05, 3.63) is 29.3 Å². The minimum atomic E-state index is -0.802. The molecule has 2 fully saturated rings. The quantitative estimate of drug-likeness (QED) is 0.908. The molecule has 1 N–H and O–H groups in total. The second-order valence-corrected chi connectivity index (χ2v) is 6.92. The standard InChI is InChI=1S/C18H22N2O4/c1-24-16-4-2-3-11-9-19(10-13(11)16)17(21)14-7-8-15(18(22)23)20(14)12-5-6-12/h2-4,12,14-15H,5-10H2,1H3,(H,22,23). The Balaban J connectivity index is 1.54. The number of carbonyl (C=O) groups excluding carboxylic acids is 1. The van der Waals surface area contributed by atoms with Gasteiger partial charge in [-0.25, -0.2) is 0 Å². The van der Waals surface area contributed by atoms with Crippen LogP contribution in [0.2, 0.25) is 0 Å². The van der Waals surface area contributed by atoms with Crippen LogP contribution in [0.15, 0.2) is 18.2 Å². The summed E-state index contributed by atoms with van der Waals surface area (Å²) >= 11 is 0. The number of ether oxygens (including phenoxy) is 1. The molecule has 0 radical (unpaired) electrons. The van der Waals surface area contributed by atoms with E-state index in [2.05, 4.69) is 0 Å². The van der Waals surface area contributed by atoms with Crippen molar-refractivity contribution in [1.82, 2.24) is 9.80 Å². The molecule has 2 unspecified atom stereocenters. The highest BCUT2D eigenvalue weighted by Crippen LogP contribution is 2.39. The number of aliphatic carboxylic acids is 1. The first-order chi connectivity index (χ1) is 11.6. The smallest absolute Gasteiger partial charge is 0.320 e. The molecule has 2 aliphatic heterocycles. The monoisotopic (exact) mass is 330 g/mol. The third-order valence-corrected chi connectivity index (χ3v) is 5.44. The summed E-state index contributed by atoms with van der Waals surface area (Å²) in [7, 11) is 1.64. The number of rotatable bonds is 4. The normalized spacial score (nSPS) is 26.5. The lowest BCUT2D eigenvalue weighted by Crippen LogP contribution is -2.49. The molecule has 1 amide bonds. The van der Waals surface area contributed by atoms with Gasteiger partial charge in [0.2, 0.25) is 5.91 Å². The van der Waals surface area contributed by atoms with Crippen molar-refractivity contribution < 1.29 is 19.4 Å². The van der Waals surface area contributed by atoms with Gasteiger partial charge in [-0.3, -0.25) is 14.5 Å². The van der Waals surface area contributed by atoms with Gasteiger partial charge in [0.15, 0.2) is 0 Å². The summed E-state index contributed by atoms with van der Waals surface area (Å²) in [5, 5.41) is 9.45. The van der Waals surface area contributed by atoms with Crippen LogP contribution in [0.3, 0.4) is 0 Å². The molecule has 1 aromatic carbocycles. The Morgan fingerprint density at radius 2 is 1.88 bits per heavy atom. The number of methoxy groups -OCH3 is 1. The molecule has 6 nitrogen and oxygen atoms in total. The average Bonchev–Trinajstić information content (AvgIpc) is 3.16. The van der Waals surface area contributed by atoms with Gasteiger partial charge in [-0.15, -0.1) is 0 Å². The fraction of sp³-hybridized carbons (Fsp3) is 0.556. The number of nitrogens with zero attached hydrogens (tertiary/aromatic N) is 2. The number of hydrogen-bond acceptors (Lipinski definition) is 4. The Kier molecular flexibility index (Phi) is 3.72. The topological polar surface area (TPSA) is 70.1 Å². The highest BCUT2D eigenvalue weighted by atomic mass is 16.5. The molecule has 6 heteroatoms. The lowest BCUT2D eigenvalue weighted by Gasteiger charge is -2.30. The van der Waals surface area contributed by atoms with Gasteiger partial charge in [0.25, 0.3) is 0 Å². The SMILES string of the molecule is COc1cccc2c1CN(C(=O)C1CCC(C(=O)O)N1C1CC1)C2. The maximum atomic E-state index is 13.1. The van der Waals surface area contributed by atoms with Crippen LogP contribution in [-0.4, -0.2) is 52.0 Å². The molecule has 128 valence electrons. The predicted octanol–water partition coefficient (Wildman–Crippen LogP) is 1.62. The van der Waals surface area contributed by atoms with E-state index in [-0.39, 0.29) is 18.0 Å². The van der Waals surface area contributed by atoms with Crippen LogP contribution in [0.4, 0.5) is 0 Å². The first kappa shape index (κ1) is 15.4. The molecule has 1 aliphatic carbocycles. The minimum absolute atomic E-state index is 0.0592. The summed E-state index contributed by atoms with van der Waals surface area (Å²) in [6, 6.07) is 5.35. The van der Waals surface area contributed by atoms with E-state index in [1.807, 2.05) is 28.0 Å². The zero-order valence-electron chi connectivity index (χ0n) is 13.8. The number of fused-ring (bicyclic) bond motifs is 1. The van der Waals surface area contributed by atoms with Gasteiger partial charge in [0.1, 0.15) is 11.8 Å². The van der Waals surface area contributed by atoms with Crippen molar-refractivity contribution in [1.29, 1.82) is 0 Å². The van der Waals surface area contributed by atoms with Gasteiger partial charge >= 0.3 is 5.97 Å². The summed E-state index contributed by atoms with van der Waals surface area (Å²) in [5.74, 6) is 0.0733. The molecule has 4 rings (SSSR count). The van der Waals surface area contributed by atoms with E-state index in [1.165, 1.54) is 0 Å². The average molecular weight is 330 g/mol. The molecule has 24 heavy (non-hydrogen) atoms. The van der Waals surface area contributed by atoms with E-state index in [4.69, 9.17) is 4.74 Å². The Labute approximate surface area is 141 Å². The van der Waals surface area contributed by atoms with E-state index in [0.29, 0.717) is 25.9 Å². The third kappa shape index (κ3) is 2.45. The first-order valence-corrected chi connectivity index (χ1v) is 8.54. The van der Waals surface area contributed by atoms with Gasteiger partial charge in [-0.05, 0) is 37.3 Å². The zero-order chi connectivity index (χ0) is 16.8. The summed E-state index contributed by atoms with van der Waals surface area (Å²) in [5.41, 5.74) is 2.19. The molecule has 0 bridgehead atoms. The highest BCUT2D eigenvalue weighted by molar-refractivity contribution is 5.85. The molecular formula is C18H22N2O4. The zero-order valence-corrected chi connectivity index (χ0v) is 13.8. The minimum Gasteiger partial charge on any atom is -0.496 e. The number of carboxylic acids is 1. The van der Waals surface area contributed by atoms with Gasteiger partial charge in [-0.1, -0.05) is 12.1 Å². The predicted molar refractivity (Wildman–Crippen MR) is 86.6 cm³/mol. The number of carbonyl (C=O) groups is 2. The molecule has 1 saturated carbocycles. The molecule has 3 aliphatic rings. The number of carboxylic acid groups (broad SMARTS) is 1. The van der Waals surface area contributed by atoms with Crippen molar-refractivity contribution in [3.63, 3.8) is 0 Å². The molecular weight excluding hydrogens is 308 g/mol. The Hall–Kier alpha value is -2.08. The lowest BCUT2D eigenvalue weighted by atomic mass is 10.1. The summed E-state index contributed by atoms with van der Waals surface area (Å²) in [6.07, 6.45) is 3.20. The maximum absolute atomic E-state index is 13.1. The van der Waals surface area contributed by atoms with Crippen molar-refractivity contribution in [3.8, 4) is 5.75 Å². The van der Waals surface area contributed by atoms with E-state index in [0.717, 1.165) is 29.7 Å². The third-order valence-electron chi connectivity index (χ3n) is 5.44. The van der Waals surface area contributed by atoms with E-state index in [9.17, 15) is 14.7 Å². The number of hydrogen-bond donors (Lipinski definition) is 1. The number of amides is 1. The van der Waals surface area contributed by atoms with Crippen LogP contribution >= 0.6 is 0 Å². The number of benzene rings is 1. The Morgan fingerprint density at radius 3 is 2.54 bits per heavy atom. The van der Waals surface area contributed by atoms with Crippen LogP contribution in [0.1, 0.15) is 36.8 Å². The molecule has 1 aromatic rings. The van der Waals surface area contributed by atoms with Crippen LogP contribution in [0.5, 0.6) is 5.75 Å². The van der Waals surface area contributed by atoms with Crippen molar-refractivity contribution in [2.45, 2.75) is 56.9 Å². The molecule has 0 aromatic heterocycles. The fourth-order valence-corrected chi connectivity index (χ4v) is 4.16. The van der Waals surface area contributed by atoms with Crippen LogP contribution in [0, 0.1) is 0 Å². The van der Waals surface area contributed by atoms with Gasteiger partial charge in [0, 0.05) is 18.2 Å². The lowest BCUT2D eigenvalue weighted by molar-refractivity contribution is -0.145. The second kappa shape index (κ2) is 5.77. The first-order valence-electron chi connectivity index (χ1n) is 8.54. The second-order valence-electron chi connectivity index (χ2n) is 6.92. The molecule has 2 heterocycles. The molecule has 0 spiro atoms. The van der Waals surface area contributed by atoms with Gasteiger partial charge < -0.3 is 14.7 Å². The largest absolute Gasteiger partial charge is 0.496 e. The van der Waals surface area contributed by atoms with Crippen LogP contribution in [-0.2, 0) is 22.7 Å². The van der Waals surface area contributed by atoms with Gasteiger partial charge in [-0.2, -0.15) is 0 Å². The van der Waals surface area contributed by atoms with Crippen molar-refractivity contribution in [2.75, 3.05) is 7.11 Å². The molecule has 2 atom stereocenters. The summed E-state index contributed by atoms with van der Waals surface area (Å²) in [6.45, 7) is 1.13. The number of likely N-dealkylation sites (tertiary alicyclic amines) is 1. The van der Waals surface area contributed by atoms with E-state index in [1.54, 1.807) is 7.11 Å². The van der Waals surface area contributed by atoms with Gasteiger partial charge in [0.05, 0.1) is 19.7 Å². The molecule has 1 saturated heterocycles. The fourth-order valence-electron chi connectivity index (χ4n) is 4.16. The maximum Gasteiger partial charge on any atom is 0.320 e. The van der Waals surface area contributed by atoms with E-state index < -0.39 is 12.0 Å². The Bertz CT molecular complexity index is 686. The summed E-state index contributed by atoms with van der Waals surface area (Å²) < 4.78 is 5.40. The highest BCUT2D eigenvalue weighted by Gasteiger charge is 2.49.